The number of benzene rings is 2. The summed E-state index contributed by atoms with van der Waals surface area (Å²) in [6, 6.07) is 12.8. The standard InChI is InChI=1S/C19H24N2O5S/c1-14(2)26-17-8-6-16(7-9-17)21-19(22)15-4-10-18(11-5-15)27(23,24)20-12-13-25-3/h4-11,14,20H,12-13H2,1-3H3,(H,21,22). The fourth-order valence-corrected chi connectivity index (χ4v) is 3.25. The van der Waals surface area contributed by atoms with Crippen LogP contribution < -0.4 is 14.8 Å². The molecule has 2 aromatic carbocycles. The molecule has 8 heteroatoms. The van der Waals surface area contributed by atoms with Crippen molar-refractivity contribution in [3.63, 3.8) is 0 Å². The molecular formula is C19H24N2O5S. The highest BCUT2D eigenvalue weighted by atomic mass is 32.2. The molecule has 0 aliphatic heterocycles. The van der Waals surface area contributed by atoms with E-state index in [9.17, 15) is 13.2 Å². The highest BCUT2D eigenvalue weighted by Gasteiger charge is 2.14. The maximum Gasteiger partial charge on any atom is 0.255 e. The Balaban J connectivity index is 2.01. The number of carbonyl (C=O) groups excluding carboxylic acids is 1. The topological polar surface area (TPSA) is 93.7 Å². The van der Waals surface area contributed by atoms with E-state index in [0.717, 1.165) is 5.75 Å². The average molecular weight is 392 g/mol. The van der Waals surface area contributed by atoms with Crippen LogP contribution in [0.1, 0.15) is 24.2 Å². The first-order chi connectivity index (χ1) is 12.8. The first-order valence-corrected chi connectivity index (χ1v) is 9.97. The van der Waals surface area contributed by atoms with Gasteiger partial charge in [-0.2, -0.15) is 0 Å². The Bertz CT molecular complexity index is 847. The molecule has 2 rings (SSSR count). The molecule has 2 aromatic rings. The van der Waals surface area contributed by atoms with Crippen LogP contribution in [0.2, 0.25) is 0 Å². The van der Waals surface area contributed by atoms with E-state index in [1.54, 1.807) is 24.3 Å². The number of anilines is 1. The molecule has 27 heavy (non-hydrogen) atoms. The summed E-state index contributed by atoms with van der Waals surface area (Å²) in [5.74, 6) is 0.391. The van der Waals surface area contributed by atoms with Crippen LogP contribution in [0.25, 0.3) is 0 Å². The van der Waals surface area contributed by atoms with Gasteiger partial charge in [0.15, 0.2) is 0 Å². The van der Waals surface area contributed by atoms with E-state index >= 15 is 0 Å². The summed E-state index contributed by atoms with van der Waals surface area (Å²) in [4.78, 5) is 12.4. The molecule has 0 aromatic heterocycles. The smallest absolute Gasteiger partial charge is 0.255 e. The van der Waals surface area contributed by atoms with Crippen molar-refractivity contribution in [3.8, 4) is 5.75 Å². The molecule has 0 atom stereocenters. The third-order valence-electron chi connectivity index (χ3n) is 3.51. The van der Waals surface area contributed by atoms with Gasteiger partial charge >= 0.3 is 0 Å². The molecule has 0 saturated heterocycles. The van der Waals surface area contributed by atoms with Crippen molar-refractivity contribution in [2.24, 2.45) is 0 Å². The highest BCUT2D eigenvalue weighted by Crippen LogP contribution is 2.18. The molecule has 0 saturated carbocycles. The van der Waals surface area contributed by atoms with Crippen molar-refractivity contribution in [2.75, 3.05) is 25.6 Å². The van der Waals surface area contributed by atoms with Gasteiger partial charge in [-0.15, -0.1) is 0 Å². The van der Waals surface area contributed by atoms with Gasteiger partial charge in [-0.1, -0.05) is 0 Å². The molecule has 146 valence electrons. The van der Waals surface area contributed by atoms with E-state index in [1.807, 2.05) is 13.8 Å². The molecule has 0 bridgehead atoms. The summed E-state index contributed by atoms with van der Waals surface area (Å²) in [5.41, 5.74) is 0.974. The van der Waals surface area contributed by atoms with Crippen molar-refractivity contribution >= 4 is 21.6 Å². The second-order valence-electron chi connectivity index (χ2n) is 6.06. The molecule has 1 amide bonds. The summed E-state index contributed by atoms with van der Waals surface area (Å²) < 4.78 is 37.0. The van der Waals surface area contributed by atoms with Gasteiger partial charge in [0.05, 0.1) is 17.6 Å². The molecule has 0 fully saturated rings. The average Bonchev–Trinajstić information content (AvgIpc) is 2.63. The van der Waals surface area contributed by atoms with Gasteiger partial charge in [0.25, 0.3) is 5.91 Å². The number of amides is 1. The molecule has 7 nitrogen and oxygen atoms in total. The molecule has 0 heterocycles. The van der Waals surface area contributed by atoms with Crippen LogP contribution >= 0.6 is 0 Å². The fraction of sp³-hybridized carbons (Fsp3) is 0.316. The predicted octanol–water partition coefficient (Wildman–Crippen LogP) is 2.65. The number of hydrogen-bond acceptors (Lipinski definition) is 5. The second kappa shape index (κ2) is 9.50. The van der Waals surface area contributed by atoms with E-state index in [0.29, 0.717) is 11.3 Å². The van der Waals surface area contributed by atoms with Crippen LogP contribution in [-0.2, 0) is 14.8 Å². The first kappa shape index (κ1) is 20.9. The van der Waals surface area contributed by atoms with E-state index < -0.39 is 10.0 Å². The van der Waals surface area contributed by atoms with Crippen LogP contribution in [0.5, 0.6) is 5.75 Å². The van der Waals surface area contributed by atoms with E-state index in [4.69, 9.17) is 9.47 Å². The van der Waals surface area contributed by atoms with Crippen LogP contribution in [0.15, 0.2) is 53.4 Å². The minimum absolute atomic E-state index is 0.0734. The Labute approximate surface area is 159 Å². The van der Waals surface area contributed by atoms with Crippen molar-refractivity contribution < 1.29 is 22.7 Å². The summed E-state index contributed by atoms with van der Waals surface area (Å²) in [7, 11) is -2.13. The van der Waals surface area contributed by atoms with Crippen molar-refractivity contribution in [1.82, 2.24) is 4.72 Å². The number of carbonyl (C=O) groups is 1. The molecule has 0 spiro atoms. The van der Waals surface area contributed by atoms with Crippen molar-refractivity contribution in [2.45, 2.75) is 24.8 Å². The van der Waals surface area contributed by atoms with Gasteiger partial charge in [0.2, 0.25) is 10.0 Å². The van der Waals surface area contributed by atoms with Crippen LogP contribution in [-0.4, -0.2) is 40.7 Å². The molecule has 0 unspecified atom stereocenters. The maximum atomic E-state index is 12.3. The zero-order valence-corrected chi connectivity index (χ0v) is 16.4. The molecule has 0 aliphatic carbocycles. The minimum atomic E-state index is -3.62. The number of sulfonamides is 1. The quantitative estimate of drug-likeness (QED) is 0.640. The van der Waals surface area contributed by atoms with Crippen molar-refractivity contribution in [3.05, 3.63) is 54.1 Å². The highest BCUT2D eigenvalue weighted by molar-refractivity contribution is 7.89. The van der Waals surface area contributed by atoms with Crippen molar-refractivity contribution in [1.29, 1.82) is 0 Å². The summed E-state index contributed by atoms with van der Waals surface area (Å²) >= 11 is 0. The first-order valence-electron chi connectivity index (χ1n) is 8.48. The lowest BCUT2D eigenvalue weighted by molar-refractivity contribution is 0.102. The fourth-order valence-electron chi connectivity index (χ4n) is 2.24. The second-order valence-corrected chi connectivity index (χ2v) is 7.83. The molecule has 0 aliphatic rings. The Hall–Kier alpha value is -2.42. The lowest BCUT2D eigenvalue weighted by atomic mass is 10.2. The Morgan fingerprint density at radius 1 is 1.04 bits per heavy atom. The van der Waals surface area contributed by atoms with Gasteiger partial charge in [0.1, 0.15) is 5.75 Å². The van der Waals surface area contributed by atoms with Crippen LogP contribution in [0.4, 0.5) is 5.69 Å². The molecule has 0 radical (unpaired) electrons. The summed E-state index contributed by atoms with van der Waals surface area (Å²) in [6.45, 7) is 4.33. The largest absolute Gasteiger partial charge is 0.491 e. The minimum Gasteiger partial charge on any atom is -0.491 e. The van der Waals surface area contributed by atoms with Gasteiger partial charge in [-0.3, -0.25) is 4.79 Å². The predicted molar refractivity (Wildman–Crippen MR) is 104 cm³/mol. The Morgan fingerprint density at radius 3 is 2.22 bits per heavy atom. The summed E-state index contributed by atoms with van der Waals surface area (Å²) in [6.07, 6.45) is 0.0734. The number of ether oxygens (including phenoxy) is 2. The third kappa shape index (κ3) is 6.35. The van der Waals surface area contributed by atoms with Crippen LogP contribution in [0.3, 0.4) is 0 Å². The van der Waals surface area contributed by atoms with Gasteiger partial charge in [-0.05, 0) is 62.4 Å². The molecule has 2 N–H and O–H groups in total. The van der Waals surface area contributed by atoms with Crippen LogP contribution in [0, 0.1) is 0 Å². The zero-order chi connectivity index (χ0) is 19.9. The molecular weight excluding hydrogens is 368 g/mol. The normalized spacial score (nSPS) is 11.4. The number of hydrogen-bond donors (Lipinski definition) is 2. The monoisotopic (exact) mass is 392 g/mol. The SMILES string of the molecule is COCCNS(=O)(=O)c1ccc(C(=O)Nc2ccc(OC(C)C)cc2)cc1. The number of rotatable bonds is 9. The van der Waals surface area contributed by atoms with Gasteiger partial charge in [0, 0.05) is 24.9 Å². The lowest BCUT2D eigenvalue weighted by Gasteiger charge is -2.11. The summed E-state index contributed by atoms with van der Waals surface area (Å²) in [5, 5.41) is 2.76. The van der Waals surface area contributed by atoms with E-state index in [1.165, 1.54) is 31.4 Å². The van der Waals surface area contributed by atoms with E-state index in [2.05, 4.69) is 10.0 Å². The zero-order valence-electron chi connectivity index (χ0n) is 15.6. The Kier molecular flexibility index (Phi) is 7.35. The third-order valence-corrected chi connectivity index (χ3v) is 4.99. The Morgan fingerprint density at radius 2 is 1.67 bits per heavy atom. The number of nitrogens with one attached hydrogen (secondary N) is 2. The van der Waals surface area contributed by atoms with E-state index in [-0.39, 0.29) is 30.1 Å². The van der Waals surface area contributed by atoms with Gasteiger partial charge in [-0.25, -0.2) is 13.1 Å². The maximum absolute atomic E-state index is 12.3. The lowest BCUT2D eigenvalue weighted by Crippen LogP contribution is -2.27. The number of methoxy groups -OCH3 is 1. The van der Waals surface area contributed by atoms with Gasteiger partial charge < -0.3 is 14.8 Å².